The Morgan fingerprint density at radius 1 is 1.42 bits per heavy atom. The number of hydrogen-bond acceptors (Lipinski definition) is 3. The number of aryl methyl sites for hydroxylation is 1. The van der Waals surface area contributed by atoms with Crippen molar-refractivity contribution >= 4 is 24.2 Å². The van der Waals surface area contributed by atoms with Crippen LogP contribution in [0.1, 0.15) is 24.8 Å². The first-order valence-electron chi connectivity index (χ1n) is 6.84. The van der Waals surface area contributed by atoms with Gasteiger partial charge < -0.3 is 9.64 Å². The molecule has 0 saturated heterocycles. The van der Waals surface area contributed by atoms with Gasteiger partial charge >= 0.3 is 0 Å². The number of fused-ring (bicyclic) bond motifs is 1. The molecule has 1 heterocycles. The lowest BCUT2D eigenvalue weighted by molar-refractivity contribution is -0.119. The molecular weight excluding hydrogens is 258 g/mol. The maximum atomic E-state index is 12.2. The van der Waals surface area contributed by atoms with Crippen molar-refractivity contribution in [3.8, 4) is 0 Å². The highest BCUT2D eigenvalue weighted by atomic mass is 32.1. The summed E-state index contributed by atoms with van der Waals surface area (Å²) >= 11 is 4.37. The molecule has 1 amide bonds. The second kappa shape index (κ2) is 5.17. The molecule has 0 radical (unpaired) electrons. The van der Waals surface area contributed by atoms with Crippen molar-refractivity contribution in [1.82, 2.24) is 0 Å². The fourth-order valence-corrected chi connectivity index (χ4v) is 3.04. The second-order valence-electron chi connectivity index (χ2n) is 5.43. The van der Waals surface area contributed by atoms with Gasteiger partial charge in [-0.25, -0.2) is 0 Å². The first-order chi connectivity index (χ1) is 9.19. The number of carbonyl (C=O) groups excluding carboxylic acids is 1. The van der Waals surface area contributed by atoms with Gasteiger partial charge in [-0.05, 0) is 48.9 Å². The summed E-state index contributed by atoms with van der Waals surface area (Å²) in [5.74, 6) is 0.842. The summed E-state index contributed by atoms with van der Waals surface area (Å²) < 4.78 is 5.56. The fraction of sp³-hybridized carbons (Fsp3) is 0.533. The molecule has 0 N–H and O–H groups in total. The molecule has 1 aliphatic carbocycles. The Morgan fingerprint density at radius 3 is 2.89 bits per heavy atom. The van der Waals surface area contributed by atoms with Crippen LogP contribution in [0.3, 0.4) is 0 Å². The van der Waals surface area contributed by atoms with E-state index >= 15 is 0 Å². The predicted octanol–water partition coefficient (Wildman–Crippen LogP) is 2.68. The molecule has 1 fully saturated rings. The van der Waals surface area contributed by atoms with Crippen molar-refractivity contribution in [2.45, 2.75) is 36.7 Å². The van der Waals surface area contributed by atoms with Gasteiger partial charge in [-0.15, -0.1) is 12.6 Å². The summed E-state index contributed by atoms with van der Waals surface area (Å²) in [7, 11) is 1.75. The van der Waals surface area contributed by atoms with E-state index in [0.29, 0.717) is 18.9 Å². The zero-order valence-electron chi connectivity index (χ0n) is 11.1. The minimum absolute atomic E-state index is 0.172. The molecule has 1 aliphatic heterocycles. The molecule has 19 heavy (non-hydrogen) atoms. The number of anilines is 1. The van der Waals surface area contributed by atoms with Gasteiger partial charge in [0.2, 0.25) is 5.91 Å². The monoisotopic (exact) mass is 277 g/mol. The van der Waals surface area contributed by atoms with Gasteiger partial charge in [-0.3, -0.25) is 4.79 Å². The van der Waals surface area contributed by atoms with Gasteiger partial charge in [0.15, 0.2) is 0 Å². The van der Waals surface area contributed by atoms with E-state index in [-0.39, 0.29) is 12.0 Å². The van der Waals surface area contributed by atoms with Crippen LogP contribution in [0, 0.1) is 5.92 Å². The summed E-state index contributed by atoms with van der Waals surface area (Å²) in [6, 6.07) is 6.03. The maximum absolute atomic E-state index is 12.2. The summed E-state index contributed by atoms with van der Waals surface area (Å²) in [5, 5.41) is 0. The first kappa shape index (κ1) is 13.0. The third kappa shape index (κ3) is 2.65. The van der Waals surface area contributed by atoms with Gasteiger partial charge in [0.05, 0.1) is 12.6 Å². The van der Waals surface area contributed by atoms with Crippen molar-refractivity contribution in [3.63, 3.8) is 0 Å². The van der Waals surface area contributed by atoms with Crippen LogP contribution in [0.4, 0.5) is 5.69 Å². The standard InChI is InChI=1S/C15H19NO2S/c1-18-14(10-2-3-10)9-16-13-6-5-12(19)8-11(13)4-7-15(16)17/h5-6,8,10,14,19H,2-4,7,9H2,1H3. The molecule has 0 bridgehead atoms. The summed E-state index contributed by atoms with van der Waals surface area (Å²) in [6.07, 6.45) is 4.03. The van der Waals surface area contributed by atoms with Crippen LogP contribution in [-0.4, -0.2) is 25.7 Å². The normalized spacial score (nSPS) is 20.3. The highest BCUT2D eigenvalue weighted by molar-refractivity contribution is 7.80. The molecule has 4 heteroatoms. The lowest BCUT2D eigenvalue weighted by Crippen LogP contribution is -2.41. The first-order valence-corrected chi connectivity index (χ1v) is 7.29. The van der Waals surface area contributed by atoms with E-state index in [1.165, 1.54) is 18.4 Å². The Kier molecular flexibility index (Phi) is 3.54. The second-order valence-corrected chi connectivity index (χ2v) is 5.95. The Hall–Kier alpha value is -1.00. The van der Waals surface area contributed by atoms with E-state index in [2.05, 4.69) is 18.7 Å². The minimum atomic E-state index is 0.172. The van der Waals surface area contributed by atoms with Crippen molar-refractivity contribution in [3.05, 3.63) is 23.8 Å². The van der Waals surface area contributed by atoms with E-state index in [1.54, 1.807) is 7.11 Å². The van der Waals surface area contributed by atoms with Gasteiger partial charge in [-0.2, -0.15) is 0 Å². The number of rotatable bonds is 4. The van der Waals surface area contributed by atoms with Gasteiger partial charge in [0, 0.05) is 24.1 Å². The van der Waals surface area contributed by atoms with Crippen LogP contribution in [-0.2, 0) is 16.0 Å². The number of thiol groups is 1. The van der Waals surface area contributed by atoms with Gasteiger partial charge in [0.25, 0.3) is 0 Å². The third-order valence-electron chi connectivity index (χ3n) is 4.08. The van der Waals surface area contributed by atoms with E-state index in [4.69, 9.17) is 4.74 Å². The van der Waals surface area contributed by atoms with Crippen LogP contribution in [0.15, 0.2) is 23.1 Å². The molecule has 2 aliphatic rings. The van der Waals surface area contributed by atoms with E-state index in [0.717, 1.165) is 17.0 Å². The number of ether oxygens (including phenoxy) is 1. The van der Waals surface area contributed by atoms with Crippen molar-refractivity contribution in [2.24, 2.45) is 5.92 Å². The van der Waals surface area contributed by atoms with Crippen LogP contribution in [0.2, 0.25) is 0 Å². The predicted molar refractivity (Wildman–Crippen MR) is 77.9 cm³/mol. The number of carbonyl (C=O) groups is 1. The largest absolute Gasteiger partial charge is 0.379 e. The van der Waals surface area contributed by atoms with Crippen LogP contribution < -0.4 is 4.90 Å². The lowest BCUT2D eigenvalue weighted by atomic mass is 10.0. The average molecular weight is 277 g/mol. The molecule has 0 aromatic heterocycles. The Labute approximate surface area is 119 Å². The van der Waals surface area contributed by atoms with Gasteiger partial charge in [-0.1, -0.05) is 0 Å². The highest BCUT2D eigenvalue weighted by Crippen LogP contribution is 2.36. The van der Waals surface area contributed by atoms with Crippen molar-refractivity contribution in [2.75, 3.05) is 18.6 Å². The van der Waals surface area contributed by atoms with Crippen LogP contribution in [0.25, 0.3) is 0 Å². The van der Waals surface area contributed by atoms with Crippen LogP contribution >= 0.6 is 12.6 Å². The molecule has 1 aromatic carbocycles. The molecule has 3 rings (SSSR count). The summed E-state index contributed by atoms with van der Waals surface area (Å²) in [5.41, 5.74) is 2.26. The number of methoxy groups -OCH3 is 1. The third-order valence-corrected chi connectivity index (χ3v) is 4.35. The number of hydrogen-bond donors (Lipinski definition) is 1. The molecule has 102 valence electrons. The molecule has 1 atom stereocenters. The molecular formula is C15H19NO2S. The quantitative estimate of drug-likeness (QED) is 0.858. The zero-order valence-corrected chi connectivity index (χ0v) is 12.0. The van der Waals surface area contributed by atoms with Crippen molar-refractivity contribution in [1.29, 1.82) is 0 Å². The minimum Gasteiger partial charge on any atom is -0.379 e. The maximum Gasteiger partial charge on any atom is 0.227 e. The Bertz CT molecular complexity index is 499. The number of nitrogens with zero attached hydrogens (tertiary/aromatic N) is 1. The van der Waals surface area contributed by atoms with E-state index in [9.17, 15) is 4.79 Å². The van der Waals surface area contributed by atoms with E-state index < -0.39 is 0 Å². The van der Waals surface area contributed by atoms with Gasteiger partial charge in [0.1, 0.15) is 0 Å². The molecule has 1 aromatic rings. The average Bonchev–Trinajstić information content (AvgIpc) is 3.22. The highest BCUT2D eigenvalue weighted by Gasteiger charge is 2.35. The molecule has 1 saturated carbocycles. The van der Waals surface area contributed by atoms with Crippen molar-refractivity contribution < 1.29 is 9.53 Å². The lowest BCUT2D eigenvalue weighted by Gasteiger charge is -2.32. The smallest absolute Gasteiger partial charge is 0.227 e. The Morgan fingerprint density at radius 2 is 2.21 bits per heavy atom. The molecule has 1 unspecified atom stereocenters. The molecule has 3 nitrogen and oxygen atoms in total. The SMILES string of the molecule is COC(CN1C(=O)CCc2cc(S)ccc21)C1CC1. The summed E-state index contributed by atoms with van der Waals surface area (Å²) in [6.45, 7) is 0.679. The number of amides is 1. The summed E-state index contributed by atoms with van der Waals surface area (Å²) in [4.78, 5) is 15.0. The fourth-order valence-electron chi connectivity index (χ4n) is 2.81. The number of benzene rings is 1. The topological polar surface area (TPSA) is 29.5 Å². The zero-order chi connectivity index (χ0) is 13.4. The Balaban J connectivity index is 1.85. The van der Waals surface area contributed by atoms with Crippen LogP contribution in [0.5, 0.6) is 0 Å². The molecule has 0 spiro atoms. The van der Waals surface area contributed by atoms with E-state index in [1.807, 2.05) is 17.0 Å².